The number of alkyl carbamates (subject to hydrolysis) is 1. The molecule has 14 heteroatoms. The first-order chi connectivity index (χ1) is 20.1. The number of hydrogen-bond acceptors (Lipinski definition) is 5. The highest BCUT2D eigenvalue weighted by Gasteiger charge is 2.28. The second-order valence-corrected chi connectivity index (χ2v) is 11.1. The standard InChI is InChI=1S/C29H33F6N3O5/c1-29(2,3)43-28(41)37-19(9-16-11-22(32)23(33)15-21(16)31)13-25(39)36-20(14-26(40)38-4-6-42-7-5-38)10-17-8-18(30)12-24(34)27(17)35/h8,11-12,15,19-20H,4-7,9-10,13-14H2,1-3H3,(H,36,39)(H,37,41)/t19-,20-/m1/s1. The highest BCUT2D eigenvalue weighted by molar-refractivity contribution is 5.81. The van der Waals surface area contributed by atoms with E-state index in [0.717, 1.165) is 6.07 Å². The molecule has 2 N–H and O–H groups in total. The summed E-state index contributed by atoms with van der Waals surface area (Å²) in [6, 6.07) is -0.341. The molecule has 1 aliphatic heterocycles. The maximum atomic E-state index is 14.5. The molecule has 1 heterocycles. The van der Waals surface area contributed by atoms with Crippen LogP contribution >= 0.6 is 0 Å². The van der Waals surface area contributed by atoms with Crippen LogP contribution in [0.15, 0.2) is 24.3 Å². The summed E-state index contributed by atoms with van der Waals surface area (Å²) >= 11 is 0. The Morgan fingerprint density at radius 3 is 2.07 bits per heavy atom. The summed E-state index contributed by atoms with van der Waals surface area (Å²) in [6.45, 7) is 5.83. The van der Waals surface area contributed by atoms with E-state index in [4.69, 9.17) is 9.47 Å². The van der Waals surface area contributed by atoms with E-state index < -0.39 is 95.3 Å². The molecule has 3 amide bonds. The number of ether oxygens (including phenoxy) is 2. The van der Waals surface area contributed by atoms with E-state index in [-0.39, 0.29) is 38.3 Å². The van der Waals surface area contributed by atoms with Gasteiger partial charge in [-0.05, 0) is 56.9 Å². The molecule has 0 spiro atoms. The third-order valence-corrected chi connectivity index (χ3v) is 6.39. The van der Waals surface area contributed by atoms with Gasteiger partial charge in [0.05, 0.1) is 13.2 Å². The van der Waals surface area contributed by atoms with Gasteiger partial charge in [-0.15, -0.1) is 0 Å². The Kier molecular flexibility index (Phi) is 11.4. The van der Waals surface area contributed by atoms with Gasteiger partial charge in [-0.25, -0.2) is 31.1 Å². The van der Waals surface area contributed by atoms with Gasteiger partial charge in [-0.2, -0.15) is 0 Å². The average molecular weight is 618 g/mol. The van der Waals surface area contributed by atoms with E-state index in [1.54, 1.807) is 20.8 Å². The number of rotatable bonds is 10. The monoisotopic (exact) mass is 617 g/mol. The van der Waals surface area contributed by atoms with Gasteiger partial charge in [0.2, 0.25) is 11.8 Å². The number of benzene rings is 2. The van der Waals surface area contributed by atoms with Crippen molar-refractivity contribution >= 4 is 17.9 Å². The van der Waals surface area contributed by atoms with Gasteiger partial charge < -0.3 is 25.0 Å². The molecule has 0 radical (unpaired) electrons. The molecule has 1 aliphatic rings. The maximum Gasteiger partial charge on any atom is 0.407 e. The minimum Gasteiger partial charge on any atom is -0.444 e. The Morgan fingerprint density at radius 2 is 1.42 bits per heavy atom. The van der Waals surface area contributed by atoms with Crippen LogP contribution in [0.1, 0.15) is 44.7 Å². The summed E-state index contributed by atoms with van der Waals surface area (Å²) in [5.74, 6) is -9.00. The molecule has 8 nitrogen and oxygen atoms in total. The van der Waals surface area contributed by atoms with Gasteiger partial charge >= 0.3 is 6.09 Å². The third-order valence-electron chi connectivity index (χ3n) is 6.39. The summed E-state index contributed by atoms with van der Waals surface area (Å²) < 4.78 is 94.4. The van der Waals surface area contributed by atoms with E-state index in [0.29, 0.717) is 18.2 Å². The lowest BCUT2D eigenvalue weighted by Crippen LogP contribution is -2.47. The molecule has 1 fully saturated rings. The molecule has 0 aromatic heterocycles. The SMILES string of the molecule is CC(C)(C)OC(=O)N[C@@H](CC(=O)N[C@@H](CC(=O)N1CCOCC1)Cc1cc(F)cc(F)c1F)Cc1cc(F)c(F)cc1F. The highest BCUT2D eigenvalue weighted by Crippen LogP contribution is 2.20. The van der Waals surface area contributed by atoms with Crippen LogP contribution in [-0.4, -0.2) is 66.8 Å². The number of carbonyl (C=O) groups is 3. The predicted octanol–water partition coefficient (Wildman–Crippen LogP) is 4.32. The molecule has 2 aromatic rings. The minimum atomic E-state index is -1.45. The maximum absolute atomic E-state index is 14.5. The molecular formula is C29H33F6N3O5. The summed E-state index contributed by atoms with van der Waals surface area (Å²) in [6.07, 6.45) is -2.85. The van der Waals surface area contributed by atoms with Crippen molar-refractivity contribution in [3.63, 3.8) is 0 Å². The lowest BCUT2D eigenvalue weighted by Gasteiger charge is -2.29. The van der Waals surface area contributed by atoms with Crippen molar-refractivity contribution < 1.29 is 50.2 Å². The van der Waals surface area contributed by atoms with Crippen molar-refractivity contribution in [2.45, 2.75) is 64.1 Å². The molecule has 3 rings (SSSR count). The Labute approximate surface area is 244 Å². The van der Waals surface area contributed by atoms with E-state index in [9.17, 15) is 40.7 Å². The molecule has 0 bridgehead atoms. The van der Waals surface area contributed by atoms with Crippen LogP contribution in [-0.2, 0) is 31.9 Å². The van der Waals surface area contributed by atoms with Crippen molar-refractivity contribution in [1.29, 1.82) is 0 Å². The Balaban J connectivity index is 1.82. The molecule has 2 aromatic carbocycles. The number of nitrogens with one attached hydrogen (secondary N) is 2. The summed E-state index contributed by atoms with van der Waals surface area (Å²) in [5.41, 5.74) is -1.71. The molecule has 236 valence electrons. The van der Waals surface area contributed by atoms with Gasteiger partial charge in [0.15, 0.2) is 23.3 Å². The second-order valence-electron chi connectivity index (χ2n) is 11.1. The van der Waals surface area contributed by atoms with E-state index in [1.165, 1.54) is 4.90 Å². The Bertz CT molecular complexity index is 1330. The van der Waals surface area contributed by atoms with Crippen LogP contribution in [0.4, 0.5) is 31.1 Å². The van der Waals surface area contributed by atoms with Crippen molar-refractivity contribution in [3.8, 4) is 0 Å². The zero-order chi connectivity index (χ0) is 31.9. The molecule has 0 saturated carbocycles. The van der Waals surface area contributed by atoms with Gasteiger partial charge in [-0.1, -0.05) is 0 Å². The highest BCUT2D eigenvalue weighted by atomic mass is 19.2. The van der Waals surface area contributed by atoms with Crippen LogP contribution in [0.3, 0.4) is 0 Å². The van der Waals surface area contributed by atoms with E-state index in [1.807, 2.05) is 0 Å². The summed E-state index contributed by atoms with van der Waals surface area (Å²) in [5, 5.41) is 4.93. The number of nitrogens with zero attached hydrogens (tertiary/aromatic N) is 1. The van der Waals surface area contributed by atoms with Crippen LogP contribution in [0.5, 0.6) is 0 Å². The minimum absolute atomic E-state index is 0.268. The fourth-order valence-corrected chi connectivity index (χ4v) is 4.49. The molecule has 43 heavy (non-hydrogen) atoms. The third kappa shape index (κ3) is 10.4. The Morgan fingerprint density at radius 1 is 0.814 bits per heavy atom. The first-order valence-corrected chi connectivity index (χ1v) is 13.5. The number of morpholine rings is 1. The average Bonchev–Trinajstić information content (AvgIpc) is 2.89. The predicted molar refractivity (Wildman–Crippen MR) is 142 cm³/mol. The quantitative estimate of drug-likeness (QED) is 0.306. The fourth-order valence-electron chi connectivity index (χ4n) is 4.49. The van der Waals surface area contributed by atoms with Gasteiger partial charge in [0.25, 0.3) is 0 Å². The van der Waals surface area contributed by atoms with Crippen LogP contribution in [0.2, 0.25) is 0 Å². The largest absolute Gasteiger partial charge is 0.444 e. The van der Waals surface area contributed by atoms with Crippen molar-refractivity contribution in [3.05, 3.63) is 70.3 Å². The second kappa shape index (κ2) is 14.6. The number of carbonyl (C=O) groups excluding carboxylic acids is 3. The lowest BCUT2D eigenvalue weighted by atomic mass is 9.99. The van der Waals surface area contributed by atoms with Crippen LogP contribution in [0, 0.1) is 34.9 Å². The zero-order valence-electron chi connectivity index (χ0n) is 23.9. The zero-order valence-corrected chi connectivity index (χ0v) is 23.9. The first-order valence-electron chi connectivity index (χ1n) is 13.5. The molecule has 0 unspecified atom stereocenters. The number of halogens is 6. The lowest BCUT2D eigenvalue weighted by molar-refractivity contribution is -0.136. The van der Waals surface area contributed by atoms with Crippen molar-refractivity contribution in [1.82, 2.24) is 15.5 Å². The smallest absolute Gasteiger partial charge is 0.407 e. The molecular weight excluding hydrogens is 584 g/mol. The van der Waals surface area contributed by atoms with Crippen molar-refractivity contribution in [2.75, 3.05) is 26.3 Å². The first kappa shape index (κ1) is 33.7. The van der Waals surface area contributed by atoms with Crippen molar-refractivity contribution in [2.24, 2.45) is 0 Å². The Hall–Kier alpha value is -3.81. The van der Waals surface area contributed by atoms with Gasteiger partial charge in [-0.3, -0.25) is 9.59 Å². The topological polar surface area (TPSA) is 97.0 Å². The van der Waals surface area contributed by atoms with Gasteiger partial charge in [0.1, 0.15) is 17.2 Å². The summed E-state index contributed by atoms with van der Waals surface area (Å²) in [4.78, 5) is 40.0. The van der Waals surface area contributed by atoms with E-state index >= 15 is 0 Å². The molecule has 2 atom stereocenters. The molecule has 0 aliphatic carbocycles. The van der Waals surface area contributed by atoms with Crippen LogP contribution < -0.4 is 10.6 Å². The molecule has 1 saturated heterocycles. The normalized spacial score (nSPS) is 15.0. The van der Waals surface area contributed by atoms with Crippen LogP contribution in [0.25, 0.3) is 0 Å². The number of amides is 3. The van der Waals surface area contributed by atoms with E-state index in [2.05, 4.69) is 10.6 Å². The summed E-state index contributed by atoms with van der Waals surface area (Å²) in [7, 11) is 0. The fraction of sp³-hybridized carbons (Fsp3) is 0.483. The van der Waals surface area contributed by atoms with Gasteiger partial charge in [0, 0.05) is 50.1 Å². The number of hydrogen-bond donors (Lipinski definition) is 2.